The molecule has 2 aromatic heterocycles. The lowest BCUT2D eigenvalue weighted by Gasteiger charge is -2.32. The number of hydrogen-bond donors (Lipinski definition) is 2. The number of rotatable bonds is 6. The largest absolute Gasteiger partial charge is 0.506 e. The predicted octanol–water partition coefficient (Wildman–Crippen LogP) is 9.21. The van der Waals surface area contributed by atoms with E-state index in [-0.39, 0.29) is 16.9 Å². The van der Waals surface area contributed by atoms with Crippen molar-refractivity contribution in [2.24, 2.45) is 0 Å². The third kappa shape index (κ3) is 6.44. The summed E-state index contributed by atoms with van der Waals surface area (Å²) >= 11 is 0. The average molecular weight is 673 g/mol. The van der Waals surface area contributed by atoms with Crippen LogP contribution in [0.25, 0.3) is 33.4 Å². The summed E-state index contributed by atoms with van der Waals surface area (Å²) in [5.74, 6) is 0.373. The first kappa shape index (κ1) is 33.2. The summed E-state index contributed by atoms with van der Waals surface area (Å²) in [4.78, 5) is 3.03. The standard InChI is InChI=1S/C30H29N3O.C13H11N3O/c1-29(2,21-13-7-5-8-14-21)23-19-24(30(3,4)22-15-9-6-10-16-22)28(34)27(20-23)33-31-25-17-11-12-18-26(25)32-33;1-9-6-7-13(17)12(8-9)16-14-10-4-2-3-5-11(10)15-16/h5-20,34H,1-4H3;2-8,17H,1H3. The monoisotopic (exact) mass is 672 g/mol. The molecule has 8 nitrogen and oxygen atoms in total. The highest BCUT2D eigenvalue weighted by atomic mass is 16.3. The van der Waals surface area contributed by atoms with Gasteiger partial charge in [0.25, 0.3) is 0 Å². The molecule has 0 saturated carbocycles. The Hall–Kier alpha value is -6.28. The second-order valence-corrected chi connectivity index (χ2v) is 13.8. The van der Waals surface area contributed by atoms with Crippen LogP contribution >= 0.6 is 0 Å². The van der Waals surface area contributed by atoms with Crippen LogP contribution in [0.2, 0.25) is 0 Å². The molecule has 6 aromatic carbocycles. The second-order valence-electron chi connectivity index (χ2n) is 13.8. The third-order valence-corrected chi connectivity index (χ3v) is 9.61. The highest BCUT2D eigenvalue weighted by Crippen LogP contribution is 2.44. The normalized spacial score (nSPS) is 11.8. The van der Waals surface area contributed by atoms with Gasteiger partial charge in [-0.15, -0.1) is 30.0 Å². The van der Waals surface area contributed by atoms with E-state index in [9.17, 15) is 10.2 Å². The topological polar surface area (TPSA) is 102 Å². The van der Waals surface area contributed by atoms with Gasteiger partial charge in [0, 0.05) is 16.4 Å². The van der Waals surface area contributed by atoms with Gasteiger partial charge in [0.05, 0.1) is 0 Å². The molecule has 254 valence electrons. The molecule has 0 radical (unpaired) electrons. The van der Waals surface area contributed by atoms with Crippen molar-refractivity contribution < 1.29 is 10.2 Å². The Morgan fingerprint density at radius 1 is 0.451 bits per heavy atom. The van der Waals surface area contributed by atoms with Crippen molar-refractivity contribution in [3.63, 3.8) is 0 Å². The van der Waals surface area contributed by atoms with E-state index in [1.54, 1.807) is 10.9 Å². The Morgan fingerprint density at radius 2 is 0.882 bits per heavy atom. The minimum absolute atomic E-state index is 0.177. The van der Waals surface area contributed by atoms with E-state index in [4.69, 9.17) is 0 Å². The summed E-state index contributed by atoms with van der Waals surface area (Å²) < 4.78 is 0. The van der Waals surface area contributed by atoms with Crippen LogP contribution in [0.4, 0.5) is 0 Å². The highest BCUT2D eigenvalue weighted by Gasteiger charge is 2.32. The van der Waals surface area contributed by atoms with Gasteiger partial charge in [0.1, 0.15) is 44.9 Å². The van der Waals surface area contributed by atoms with Gasteiger partial charge in [0.15, 0.2) is 0 Å². The Kier molecular flexibility index (Phi) is 8.61. The van der Waals surface area contributed by atoms with Crippen molar-refractivity contribution in [2.75, 3.05) is 0 Å². The number of hydrogen-bond acceptors (Lipinski definition) is 6. The summed E-state index contributed by atoms with van der Waals surface area (Å²) in [5, 5.41) is 39.5. The summed E-state index contributed by atoms with van der Waals surface area (Å²) in [7, 11) is 0. The Labute approximate surface area is 297 Å². The molecule has 0 saturated heterocycles. The van der Waals surface area contributed by atoms with Gasteiger partial charge in [-0.05, 0) is 71.6 Å². The maximum Gasteiger partial charge on any atom is 0.147 e. The van der Waals surface area contributed by atoms with E-state index in [0.717, 1.165) is 44.3 Å². The number of fused-ring (bicyclic) bond motifs is 2. The van der Waals surface area contributed by atoms with Gasteiger partial charge in [-0.3, -0.25) is 0 Å². The fraction of sp³-hybridized carbons (Fsp3) is 0.163. The molecular formula is C43H40N6O2. The smallest absolute Gasteiger partial charge is 0.147 e. The zero-order valence-electron chi connectivity index (χ0n) is 29.4. The SMILES string of the molecule is CC(C)(c1ccccc1)c1cc(-n2nc3ccccc3n2)c(O)c(C(C)(C)c2ccccc2)c1.Cc1ccc(O)c(-n2nc3ccccc3n2)c1. The van der Waals surface area contributed by atoms with Gasteiger partial charge in [-0.2, -0.15) is 0 Å². The Balaban J connectivity index is 0.000000199. The summed E-state index contributed by atoms with van der Waals surface area (Å²) in [5.41, 5.74) is 8.98. The number of aryl methyl sites for hydroxylation is 1. The lowest BCUT2D eigenvalue weighted by atomic mass is 9.72. The van der Waals surface area contributed by atoms with Crippen molar-refractivity contribution in [1.29, 1.82) is 0 Å². The minimum Gasteiger partial charge on any atom is -0.506 e. The first-order valence-electron chi connectivity index (χ1n) is 17.0. The van der Waals surface area contributed by atoms with Crippen molar-refractivity contribution >= 4 is 22.1 Å². The Morgan fingerprint density at radius 3 is 1.37 bits per heavy atom. The van der Waals surface area contributed by atoms with E-state index in [2.05, 4.69) is 90.6 Å². The number of aromatic nitrogens is 6. The van der Waals surface area contributed by atoms with Gasteiger partial charge >= 0.3 is 0 Å². The lowest BCUT2D eigenvalue weighted by Crippen LogP contribution is -2.24. The molecule has 0 unspecified atom stereocenters. The van der Waals surface area contributed by atoms with E-state index in [1.807, 2.05) is 97.9 Å². The number of aromatic hydroxyl groups is 2. The molecule has 0 fully saturated rings. The number of nitrogens with zero attached hydrogens (tertiary/aromatic N) is 6. The summed E-state index contributed by atoms with van der Waals surface area (Å²) in [6.45, 7) is 10.7. The number of benzene rings is 6. The molecule has 51 heavy (non-hydrogen) atoms. The van der Waals surface area contributed by atoms with Gasteiger partial charge in [-0.1, -0.05) is 125 Å². The van der Waals surface area contributed by atoms with Crippen LogP contribution < -0.4 is 0 Å². The molecule has 8 heteroatoms. The second kappa shape index (κ2) is 13.2. The zero-order chi connectivity index (χ0) is 35.8. The van der Waals surface area contributed by atoms with Crippen LogP contribution in [0.1, 0.15) is 55.5 Å². The molecule has 0 aliphatic carbocycles. The van der Waals surface area contributed by atoms with Crippen LogP contribution in [0, 0.1) is 6.92 Å². The van der Waals surface area contributed by atoms with Crippen molar-refractivity contribution in [2.45, 2.75) is 45.4 Å². The van der Waals surface area contributed by atoms with Crippen molar-refractivity contribution in [3.8, 4) is 22.9 Å². The predicted molar refractivity (Wildman–Crippen MR) is 203 cm³/mol. The quantitative estimate of drug-likeness (QED) is 0.183. The first-order valence-corrected chi connectivity index (χ1v) is 17.0. The molecular weight excluding hydrogens is 633 g/mol. The van der Waals surface area contributed by atoms with Crippen molar-refractivity contribution in [1.82, 2.24) is 30.0 Å². The van der Waals surface area contributed by atoms with Crippen LogP contribution in [-0.4, -0.2) is 40.2 Å². The molecule has 8 rings (SSSR count). The molecule has 8 aromatic rings. The molecule has 0 amide bonds. The average Bonchev–Trinajstić information content (AvgIpc) is 3.78. The maximum absolute atomic E-state index is 11.6. The van der Waals surface area contributed by atoms with Gasteiger partial charge in [0.2, 0.25) is 0 Å². The van der Waals surface area contributed by atoms with Crippen molar-refractivity contribution in [3.05, 3.63) is 167 Å². The fourth-order valence-corrected chi connectivity index (χ4v) is 6.37. The zero-order valence-corrected chi connectivity index (χ0v) is 29.4. The molecule has 0 bridgehead atoms. The highest BCUT2D eigenvalue weighted by molar-refractivity contribution is 5.74. The molecule has 0 aliphatic heterocycles. The molecule has 2 N–H and O–H groups in total. The summed E-state index contributed by atoms with van der Waals surface area (Å²) in [6.07, 6.45) is 0. The van der Waals surface area contributed by atoms with Gasteiger partial charge < -0.3 is 10.2 Å². The summed E-state index contributed by atoms with van der Waals surface area (Å²) in [6, 6.07) is 45.6. The van der Waals surface area contributed by atoms with E-state index in [0.29, 0.717) is 11.4 Å². The van der Waals surface area contributed by atoms with Crippen LogP contribution in [0.15, 0.2) is 140 Å². The first-order chi connectivity index (χ1) is 24.5. The van der Waals surface area contributed by atoms with E-state index in [1.165, 1.54) is 10.4 Å². The molecule has 0 spiro atoms. The van der Waals surface area contributed by atoms with E-state index >= 15 is 0 Å². The Bertz CT molecular complexity index is 2400. The van der Waals surface area contributed by atoms with Crippen LogP contribution in [-0.2, 0) is 10.8 Å². The van der Waals surface area contributed by atoms with Crippen LogP contribution in [0.5, 0.6) is 11.5 Å². The molecule has 0 atom stereocenters. The van der Waals surface area contributed by atoms with E-state index < -0.39 is 5.41 Å². The number of phenols is 2. The lowest BCUT2D eigenvalue weighted by molar-refractivity contribution is 0.445. The minimum atomic E-state index is -0.435. The van der Waals surface area contributed by atoms with Gasteiger partial charge in [-0.25, -0.2) is 0 Å². The maximum atomic E-state index is 11.6. The van der Waals surface area contributed by atoms with Crippen LogP contribution in [0.3, 0.4) is 0 Å². The number of phenolic OH excluding ortho intramolecular Hbond substituents is 2. The molecule has 0 aliphatic rings. The third-order valence-electron chi connectivity index (χ3n) is 9.61. The molecule has 2 heterocycles. The fourth-order valence-electron chi connectivity index (χ4n) is 6.37.